The summed E-state index contributed by atoms with van der Waals surface area (Å²) in [6.07, 6.45) is 4.31. The van der Waals surface area contributed by atoms with E-state index in [2.05, 4.69) is 9.98 Å². The Labute approximate surface area is 180 Å². The number of aromatic nitrogens is 1. The zero-order valence-corrected chi connectivity index (χ0v) is 17.8. The van der Waals surface area contributed by atoms with E-state index < -0.39 is 30.3 Å². The largest absolute Gasteiger partial charge is 0.264 e. The monoisotopic (exact) mass is 451 g/mol. The predicted octanol–water partition coefficient (Wildman–Crippen LogP) is 3.18. The lowest BCUT2D eigenvalue weighted by Gasteiger charge is -2.09. The average molecular weight is 452 g/mol. The molecule has 0 aliphatic rings. The van der Waals surface area contributed by atoms with Crippen LogP contribution in [-0.2, 0) is 19.7 Å². The first-order chi connectivity index (χ1) is 14.8. The molecule has 3 aromatic rings. The maximum absolute atomic E-state index is 13.1. The number of aliphatic imine (C=N–C) groups is 1. The summed E-state index contributed by atoms with van der Waals surface area (Å²) < 4.78 is 52.0. The first kappa shape index (κ1) is 22.1. The minimum atomic E-state index is -4.28. The van der Waals surface area contributed by atoms with Gasteiger partial charge in [-0.1, -0.05) is 42.5 Å². The van der Waals surface area contributed by atoms with E-state index in [4.69, 9.17) is 0 Å². The number of sulfone groups is 2. The van der Waals surface area contributed by atoms with Crippen LogP contribution in [0.4, 0.5) is 0 Å². The van der Waals surface area contributed by atoms with Crippen LogP contribution in [0, 0.1) is 11.3 Å². The Morgan fingerprint density at radius 1 is 0.903 bits per heavy atom. The third kappa shape index (κ3) is 5.31. The van der Waals surface area contributed by atoms with Gasteiger partial charge in [0.2, 0.25) is 9.84 Å². The number of hydrogen-bond acceptors (Lipinski definition) is 7. The minimum Gasteiger partial charge on any atom is -0.264 e. The smallest absolute Gasteiger partial charge is 0.218 e. The molecule has 2 aromatic carbocycles. The number of hydrogen-bond donors (Lipinski definition) is 0. The van der Waals surface area contributed by atoms with Gasteiger partial charge in [0, 0.05) is 24.2 Å². The van der Waals surface area contributed by atoms with Crippen LogP contribution in [-0.4, -0.2) is 33.8 Å². The molecule has 3 rings (SSSR count). The zero-order valence-electron chi connectivity index (χ0n) is 16.2. The minimum absolute atomic E-state index is 0.00141. The van der Waals surface area contributed by atoms with Gasteiger partial charge in [0.05, 0.1) is 21.2 Å². The standard InChI is InChI=1S/C22H17N3O4S2/c23-14-22(31(28,29)20-11-5-2-6-12-20)21(25-16-18-8-7-13-24-15-18)17-30(26,27)19-9-3-1-4-10-19/h1-13,15-16H,17H2/b22-21+,25-16?. The van der Waals surface area contributed by atoms with Gasteiger partial charge in [0.25, 0.3) is 0 Å². The van der Waals surface area contributed by atoms with Gasteiger partial charge in [0.15, 0.2) is 14.7 Å². The van der Waals surface area contributed by atoms with Crippen LogP contribution in [0.2, 0.25) is 0 Å². The molecule has 0 radical (unpaired) electrons. The van der Waals surface area contributed by atoms with Crippen molar-refractivity contribution in [2.75, 3.05) is 5.75 Å². The van der Waals surface area contributed by atoms with Crippen molar-refractivity contribution >= 4 is 25.9 Å². The molecule has 31 heavy (non-hydrogen) atoms. The second kappa shape index (κ2) is 9.47. The summed E-state index contributed by atoms with van der Waals surface area (Å²) in [4.78, 5) is 7.19. The molecule has 7 nitrogen and oxygen atoms in total. The number of nitrogens with zero attached hydrogens (tertiary/aromatic N) is 3. The second-order valence-corrected chi connectivity index (χ2v) is 10.2. The van der Waals surface area contributed by atoms with Crippen LogP contribution in [0.1, 0.15) is 5.56 Å². The molecule has 1 aromatic heterocycles. The van der Waals surface area contributed by atoms with Crippen molar-refractivity contribution in [3.63, 3.8) is 0 Å². The lowest BCUT2D eigenvalue weighted by Crippen LogP contribution is -2.14. The zero-order chi connectivity index (χ0) is 22.3. The van der Waals surface area contributed by atoms with Crippen LogP contribution in [0.3, 0.4) is 0 Å². The Balaban J connectivity index is 2.16. The second-order valence-electron chi connectivity index (χ2n) is 6.32. The van der Waals surface area contributed by atoms with E-state index in [0.717, 1.165) is 0 Å². The molecule has 0 N–H and O–H groups in total. The van der Waals surface area contributed by atoms with Crippen molar-refractivity contribution in [3.05, 3.63) is 101 Å². The molecule has 0 atom stereocenters. The molecule has 0 unspecified atom stereocenters. The number of pyridine rings is 1. The lowest BCUT2D eigenvalue weighted by molar-refractivity contribution is 0.598. The third-order valence-corrected chi connectivity index (χ3v) is 7.57. The van der Waals surface area contributed by atoms with Crippen molar-refractivity contribution in [1.29, 1.82) is 5.26 Å². The van der Waals surface area contributed by atoms with Gasteiger partial charge < -0.3 is 0 Å². The maximum Gasteiger partial charge on any atom is 0.218 e. The Morgan fingerprint density at radius 3 is 2.06 bits per heavy atom. The molecule has 0 bridgehead atoms. The number of benzene rings is 2. The summed E-state index contributed by atoms with van der Waals surface area (Å²) in [5.41, 5.74) is 0.144. The summed E-state index contributed by atoms with van der Waals surface area (Å²) >= 11 is 0. The van der Waals surface area contributed by atoms with E-state index in [0.29, 0.717) is 5.56 Å². The molecular weight excluding hydrogens is 434 g/mol. The van der Waals surface area contributed by atoms with Gasteiger partial charge in [-0.2, -0.15) is 5.26 Å². The van der Waals surface area contributed by atoms with E-state index in [-0.39, 0.29) is 15.5 Å². The van der Waals surface area contributed by atoms with E-state index in [9.17, 15) is 22.1 Å². The predicted molar refractivity (Wildman–Crippen MR) is 117 cm³/mol. The number of rotatable bonds is 7. The Hall–Kier alpha value is -3.61. The third-order valence-electron chi connectivity index (χ3n) is 4.17. The fraction of sp³-hybridized carbons (Fsp3) is 0.0455. The molecule has 0 saturated carbocycles. The van der Waals surface area contributed by atoms with Gasteiger partial charge >= 0.3 is 0 Å². The maximum atomic E-state index is 13.1. The molecule has 0 saturated heterocycles. The number of nitriles is 1. The first-order valence-corrected chi connectivity index (χ1v) is 12.1. The van der Waals surface area contributed by atoms with Crippen molar-refractivity contribution in [1.82, 2.24) is 4.98 Å². The topological polar surface area (TPSA) is 117 Å². The molecule has 1 heterocycles. The molecule has 0 fully saturated rings. The SMILES string of the molecule is N#C/C(=C(/CS(=O)(=O)c1ccccc1)N=Cc1cccnc1)S(=O)(=O)c1ccccc1. The summed E-state index contributed by atoms with van der Waals surface area (Å²) in [6.45, 7) is 0. The fourth-order valence-corrected chi connectivity index (χ4v) is 5.37. The van der Waals surface area contributed by atoms with Crippen LogP contribution in [0.15, 0.2) is 111 Å². The number of allylic oxidation sites excluding steroid dienone is 1. The van der Waals surface area contributed by atoms with Gasteiger partial charge in [-0.15, -0.1) is 0 Å². The van der Waals surface area contributed by atoms with Crippen molar-refractivity contribution in [2.45, 2.75) is 9.79 Å². The highest BCUT2D eigenvalue weighted by Gasteiger charge is 2.28. The summed E-state index contributed by atoms with van der Waals surface area (Å²) in [5.74, 6) is -0.761. The van der Waals surface area contributed by atoms with Gasteiger partial charge in [-0.25, -0.2) is 16.8 Å². The summed E-state index contributed by atoms with van der Waals surface area (Å²) in [7, 11) is -8.25. The van der Waals surface area contributed by atoms with E-state index in [1.54, 1.807) is 48.7 Å². The lowest BCUT2D eigenvalue weighted by atomic mass is 10.3. The fourth-order valence-electron chi connectivity index (χ4n) is 2.65. The molecule has 156 valence electrons. The van der Waals surface area contributed by atoms with Crippen LogP contribution in [0.5, 0.6) is 0 Å². The van der Waals surface area contributed by atoms with Crippen LogP contribution >= 0.6 is 0 Å². The van der Waals surface area contributed by atoms with Gasteiger partial charge in [-0.05, 0) is 30.3 Å². The Kier molecular flexibility index (Phi) is 6.74. The van der Waals surface area contributed by atoms with E-state index in [1.807, 2.05) is 0 Å². The molecular formula is C22H17N3O4S2. The molecule has 0 aliphatic heterocycles. The highest BCUT2D eigenvalue weighted by molar-refractivity contribution is 7.95. The van der Waals surface area contributed by atoms with Crippen LogP contribution in [0.25, 0.3) is 0 Å². The molecule has 0 spiro atoms. The highest BCUT2D eigenvalue weighted by Crippen LogP contribution is 2.25. The summed E-state index contributed by atoms with van der Waals surface area (Å²) in [6, 6.07) is 19.9. The Bertz CT molecular complexity index is 1360. The molecule has 9 heteroatoms. The first-order valence-electron chi connectivity index (χ1n) is 9.00. The summed E-state index contributed by atoms with van der Waals surface area (Å²) in [5, 5.41) is 9.69. The molecule has 0 amide bonds. The van der Waals surface area contributed by atoms with Crippen molar-refractivity contribution < 1.29 is 16.8 Å². The quantitative estimate of drug-likeness (QED) is 0.402. The highest BCUT2D eigenvalue weighted by atomic mass is 32.2. The molecule has 0 aliphatic carbocycles. The van der Waals surface area contributed by atoms with Crippen molar-refractivity contribution in [2.24, 2.45) is 4.99 Å². The van der Waals surface area contributed by atoms with E-state index in [1.165, 1.54) is 48.8 Å². The van der Waals surface area contributed by atoms with Gasteiger partial charge in [0.1, 0.15) is 6.07 Å². The normalized spacial score (nSPS) is 12.9. The van der Waals surface area contributed by atoms with Gasteiger partial charge in [-0.3, -0.25) is 9.98 Å². The Morgan fingerprint density at radius 2 is 1.52 bits per heavy atom. The van der Waals surface area contributed by atoms with Crippen LogP contribution < -0.4 is 0 Å². The van der Waals surface area contributed by atoms with Crippen molar-refractivity contribution in [3.8, 4) is 6.07 Å². The van der Waals surface area contributed by atoms with E-state index >= 15 is 0 Å². The average Bonchev–Trinajstić information content (AvgIpc) is 2.79.